The van der Waals surface area contributed by atoms with Crippen molar-refractivity contribution in [1.82, 2.24) is 14.8 Å². The molecule has 27 heavy (non-hydrogen) atoms. The van der Waals surface area contributed by atoms with Crippen molar-refractivity contribution in [1.29, 1.82) is 0 Å². The second-order valence-electron chi connectivity index (χ2n) is 5.37. The SMILES string of the molecule is NS(=O)(=O)c1ccc(-c2nnc(SCC(=O)O)n2-c2ccc(I)cc2)cc1. The summed E-state index contributed by atoms with van der Waals surface area (Å²) < 4.78 is 25.7. The number of benzene rings is 2. The summed E-state index contributed by atoms with van der Waals surface area (Å²) in [6.45, 7) is 0. The molecular formula is C16H13IN4O4S2. The van der Waals surface area contributed by atoms with Gasteiger partial charge in [0.05, 0.1) is 10.6 Å². The van der Waals surface area contributed by atoms with Gasteiger partial charge in [-0.05, 0) is 71.1 Å². The number of hydrogen-bond donors (Lipinski definition) is 2. The van der Waals surface area contributed by atoms with Gasteiger partial charge >= 0.3 is 5.97 Å². The number of primary sulfonamides is 1. The van der Waals surface area contributed by atoms with E-state index in [2.05, 4.69) is 32.8 Å². The van der Waals surface area contributed by atoms with E-state index in [9.17, 15) is 13.2 Å². The monoisotopic (exact) mass is 516 g/mol. The van der Waals surface area contributed by atoms with Gasteiger partial charge in [-0.3, -0.25) is 9.36 Å². The summed E-state index contributed by atoms with van der Waals surface area (Å²) in [5, 5.41) is 22.8. The molecule has 0 fully saturated rings. The first-order valence-corrected chi connectivity index (χ1v) is 11.1. The smallest absolute Gasteiger partial charge is 0.313 e. The van der Waals surface area contributed by atoms with Gasteiger partial charge in [-0.2, -0.15) is 0 Å². The van der Waals surface area contributed by atoms with E-state index in [4.69, 9.17) is 10.2 Å². The molecule has 1 aromatic heterocycles. The van der Waals surface area contributed by atoms with Crippen LogP contribution in [-0.2, 0) is 14.8 Å². The van der Waals surface area contributed by atoms with E-state index in [1.807, 2.05) is 24.3 Å². The summed E-state index contributed by atoms with van der Waals surface area (Å²) in [6, 6.07) is 13.5. The number of aliphatic carboxylic acids is 1. The van der Waals surface area contributed by atoms with Crippen molar-refractivity contribution < 1.29 is 18.3 Å². The first-order chi connectivity index (χ1) is 12.8. The number of nitrogens with two attached hydrogens (primary N) is 1. The Labute approximate surface area is 173 Å². The molecule has 0 aliphatic carbocycles. The Bertz CT molecular complexity index is 1080. The normalized spacial score (nSPS) is 11.5. The van der Waals surface area contributed by atoms with Crippen LogP contribution in [0.25, 0.3) is 17.1 Å². The zero-order valence-corrected chi connectivity index (χ0v) is 17.4. The van der Waals surface area contributed by atoms with Crippen molar-refractivity contribution in [2.75, 3.05) is 5.75 Å². The third-order valence-electron chi connectivity index (χ3n) is 3.48. The van der Waals surface area contributed by atoms with Crippen molar-refractivity contribution >= 4 is 50.3 Å². The van der Waals surface area contributed by atoms with Gasteiger partial charge in [0.2, 0.25) is 10.0 Å². The molecule has 0 bridgehead atoms. The number of aromatic nitrogens is 3. The fourth-order valence-corrected chi connectivity index (χ4v) is 3.84. The van der Waals surface area contributed by atoms with Gasteiger partial charge in [0.25, 0.3) is 0 Å². The molecule has 0 aliphatic rings. The fourth-order valence-electron chi connectivity index (χ4n) is 2.29. The van der Waals surface area contributed by atoms with Crippen LogP contribution in [0, 0.1) is 3.57 Å². The van der Waals surface area contributed by atoms with Crippen molar-refractivity contribution in [3.63, 3.8) is 0 Å². The summed E-state index contributed by atoms with van der Waals surface area (Å²) >= 11 is 3.24. The maximum atomic E-state index is 11.4. The molecule has 11 heteroatoms. The molecule has 0 atom stereocenters. The molecule has 0 aliphatic heterocycles. The van der Waals surface area contributed by atoms with Crippen LogP contribution in [0.4, 0.5) is 0 Å². The van der Waals surface area contributed by atoms with E-state index < -0.39 is 16.0 Å². The second-order valence-corrected chi connectivity index (χ2v) is 9.12. The average molecular weight is 516 g/mol. The van der Waals surface area contributed by atoms with Gasteiger partial charge in [-0.25, -0.2) is 13.6 Å². The topological polar surface area (TPSA) is 128 Å². The first kappa shape index (κ1) is 19.8. The molecule has 0 unspecified atom stereocenters. The first-order valence-electron chi connectivity index (χ1n) is 7.45. The minimum atomic E-state index is -3.79. The number of halogens is 1. The zero-order valence-electron chi connectivity index (χ0n) is 13.6. The van der Waals surface area contributed by atoms with E-state index in [0.29, 0.717) is 16.5 Å². The molecule has 0 radical (unpaired) electrons. The molecule has 0 saturated carbocycles. The highest BCUT2D eigenvalue weighted by Crippen LogP contribution is 2.28. The summed E-state index contributed by atoms with van der Waals surface area (Å²) in [7, 11) is -3.79. The third-order valence-corrected chi connectivity index (χ3v) is 6.05. The average Bonchev–Trinajstić information content (AvgIpc) is 3.04. The summed E-state index contributed by atoms with van der Waals surface area (Å²) in [4.78, 5) is 10.9. The third kappa shape index (κ3) is 4.66. The largest absolute Gasteiger partial charge is 0.481 e. The number of thioether (sulfide) groups is 1. The van der Waals surface area contributed by atoms with Crippen LogP contribution < -0.4 is 5.14 Å². The Morgan fingerprint density at radius 3 is 2.30 bits per heavy atom. The lowest BCUT2D eigenvalue weighted by Gasteiger charge is -2.10. The number of sulfonamides is 1. The Morgan fingerprint density at radius 1 is 1.11 bits per heavy atom. The highest BCUT2D eigenvalue weighted by atomic mass is 127. The molecule has 3 aromatic rings. The molecule has 3 rings (SSSR count). The van der Waals surface area contributed by atoms with Crippen LogP contribution >= 0.6 is 34.4 Å². The number of carboxylic acids is 1. The molecule has 0 saturated heterocycles. The molecule has 1 heterocycles. The Kier molecular flexibility index (Phi) is 5.83. The van der Waals surface area contributed by atoms with Gasteiger partial charge in [0.1, 0.15) is 0 Å². The highest BCUT2D eigenvalue weighted by molar-refractivity contribution is 14.1. The van der Waals surface area contributed by atoms with Crippen molar-refractivity contribution in [3.05, 3.63) is 52.1 Å². The van der Waals surface area contributed by atoms with E-state index in [-0.39, 0.29) is 10.6 Å². The van der Waals surface area contributed by atoms with Crippen LogP contribution in [0.15, 0.2) is 58.6 Å². The number of rotatable bonds is 6. The molecule has 3 N–H and O–H groups in total. The standard InChI is InChI=1S/C16H13IN4O4S2/c17-11-3-5-12(6-4-11)21-15(19-20-16(21)26-9-14(22)23)10-1-7-13(8-2-10)27(18,24)25/h1-8H,9H2,(H,22,23)(H2,18,24,25). The van der Waals surface area contributed by atoms with Crippen LogP contribution in [-0.4, -0.2) is 40.0 Å². The predicted molar refractivity (Wildman–Crippen MR) is 109 cm³/mol. The molecule has 140 valence electrons. The van der Waals surface area contributed by atoms with Crippen molar-refractivity contribution in [3.8, 4) is 17.1 Å². The van der Waals surface area contributed by atoms with E-state index in [1.54, 1.807) is 16.7 Å². The fraction of sp³-hybridized carbons (Fsp3) is 0.0625. The Hall–Kier alpha value is -1.96. The quantitative estimate of drug-likeness (QED) is 0.380. The van der Waals surface area contributed by atoms with E-state index in [1.165, 1.54) is 12.1 Å². The van der Waals surface area contributed by atoms with E-state index in [0.717, 1.165) is 21.0 Å². The zero-order chi connectivity index (χ0) is 19.6. The van der Waals surface area contributed by atoms with Crippen molar-refractivity contribution in [2.45, 2.75) is 10.1 Å². The highest BCUT2D eigenvalue weighted by Gasteiger charge is 2.18. The maximum absolute atomic E-state index is 11.4. The lowest BCUT2D eigenvalue weighted by atomic mass is 10.2. The number of carboxylic acid groups (broad SMARTS) is 1. The minimum absolute atomic E-state index is 0.00736. The Morgan fingerprint density at radius 2 is 1.74 bits per heavy atom. The van der Waals surface area contributed by atoms with Gasteiger partial charge in [-0.1, -0.05) is 11.8 Å². The molecule has 0 spiro atoms. The van der Waals surface area contributed by atoms with Crippen LogP contribution in [0.3, 0.4) is 0 Å². The summed E-state index contributed by atoms with van der Waals surface area (Å²) in [5.41, 5.74) is 1.38. The van der Waals surface area contributed by atoms with Crippen LogP contribution in [0.2, 0.25) is 0 Å². The lowest BCUT2D eigenvalue weighted by Crippen LogP contribution is -2.11. The predicted octanol–water partition coefficient (Wildman–Crippen LogP) is 2.36. The maximum Gasteiger partial charge on any atom is 0.313 e. The molecule has 8 nitrogen and oxygen atoms in total. The molecular weight excluding hydrogens is 503 g/mol. The number of hydrogen-bond acceptors (Lipinski definition) is 6. The van der Waals surface area contributed by atoms with Gasteiger partial charge in [0, 0.05) is 14.8 Å². The Balaban J connectivity index is 2.09. The lowest BCUT2D eigenvalue weighted by molar-refractivity contribution is -0.133. The number of nitrogens with zero attached hydrogens (tertiary/aromatic N) is 3. The minimum Gasteiger partial charge on any atom is -0.481 e. The van der Waals surface area contributed by atoms with E-state index >= 15 is 0 Å². The molecule has 2 aromatic carbocycles. The van der Waals surface area contributed by atoms with Gasteiger partial charge in [0.15, 0.2) is 11.0 Å². The van der Waals surface area contributed by atoms with Crippen molar-refractivity contribution in [2.24, 2.45) is 5.14 Å². The molecule has 0 amide bonds. The van der Waals surface area contributed by atoms with Gasteiger partial charge < -0.3 is 5.11 Å². The summed E-state index contributed by atoms with van der Waals surface area (Å²) in [6.07, 6.45) is 0. The second kappa shape index (κ2) is 7.96. The van der Waals surface area contributed by atoms with Crippen LogP contribution in [0.1, 0.15) is 0 Å². The summed E-state index contributed by atoms with van der Waals surface area (Å²) in [5.74, 6) is -0.659. The number of carbonyl (C=O) groups is 1. The van der Waals surface area contributed by atoms with Crippen LogP contribution in [0.5, 0.6) is 0 Å². The van der Waals surface area contributed by atoms with Gasteiger partial charge in [-0.15, -0.1) is 10.2 Å².